The number of nitro benzene ring substituents is 1. The fourth-order valence-corrected chi connectivity index (χ4v) is 2.22. The smallest absolute Gasteiger partial charge is 0.269 e. The molecule has 0 bridgehead atoms. The van der Waals surface area contributed by atoms with Crippen LogP contribution in [0.4, 0.5) is 10.1 Å². The molecule has 1 aliphatic heterocycles. The first-order chi connectivity index (χ1) is 9.66. The minimum absolute atomic E-state index is 0.0184. The average molecular weight is 271 g/mol. The van der Waals surface area contributed by atoms with Gasteiger partial charge in [-0.25, -0.2) is 4.39 Å². The Morgan fingerprint density at radius 2 is 1.80 bits per heavy atom. The monoisotopic (exact) mass is 271 g/mol. The zero-order valence-electron chi connectivity index (χ0n) is 10.4. The maximum atomic E-state index is 14.1. The summed E-state index contributed by atoms with van der Waals surface area (Å²) in [4.78, 5) is 10.2. The van der Waals surface area contributed by atoms with Gasteiger partial charge in [0.05, 0.1) is 4.92 Å². The number of rotatable bonds is 2. The Hall–Kier alpha value is -2.69. The number of hydrogen-bond donors (Lipinski definition) is 0. The van der Waals surface area contributed by atoms with Gasteiger partial charge in [0.2, 0.25) is 0 Å². The van der Waals surface area contributed by atoms with E-state index in [0.29, 0.717) is 22.4 Å². The average Bonchev–Trinajstić information content (AvgIpc) is 2.47. The van der Waals surface area contributed by atoms with Crippen LogP contribution < -0.4 is 4.74 Å². The van der Waals surface area contributed by atoms with Gasteiger partial charge in [0.15, 0.2) is 0 Å². The standard InChI is InChI=1S/C15H10FNO3/c16-13-9-20-14-4-2-1-3-12(14)15(13)10-5-7-11(8-6-10)17(18)19/h1-8H,9H2. The maximum Gasteiger partial charge on any atom is 0.269 e. The zero-order valence-corrected chi connectivity index (χ0v) is 10.4. The van der Waals surface area contributed by atoms with Crippen LogP contribution in [0.1, 0.15) is 11.1 Å². The molecule has 4 nitrogen and oxygen atoms in total. The highest BCUT2D eigenvalue weighted by Gasteiger charge is 2.21. The second-order valence-corrected chi connectivity index (χ2v) is 4.37. The molecule has 0 aliphatic carbocycles. The highest BCUT2D eigenvalue weighted by molar-refractivity contribution is 5.85. The van der Waals surface area contributed by atoms with E-state index < -0.39 is 4.92 Å². The minimum Gasteiger partial charge on any atom is -0.486 e. The fourth-order valence-electron chi connectivity index (χ4n) is 2.22. The van der Waals surface area contributed by atoms with Gasteiger partial charge in [-0.05, 0) is 23.8 Å². The third-order valence-electron chi connectivity index (χ3n) is 3.15. The predicted molar refractivity (Wildman–Crippen MR) is 72.2 cm³/mol. The SMILES string of the molecule is O=[N+]([O-])c1ccc(C2=C(F)COc3ccccc32)cc1. The normalized spacial score (nSPS) is 13.7. The van der Waals surface area contributed by atoms with E-state index in [4.69, 9.17) is 4.74 Å². The summed E-state index contributed by atoms with van der Waals surface area (Å²) in [7, 11) is 0. The Kier molecular flexibility index (Phi) is 2.95. The number of ether oxygens (including phenoxy) is 1. The second kappa shape index (κ2) is 4.77. The molecular weight excluding hydrogens is 261 g/mol. The van der Waals surface area contributed by atoms with Crippen molar-refractivity contribution in [1.82, 2.24) is 0 Å². The van der Waals surface area contributed by atoms with Gasteiger partial charge < -0.3 is 4.74 Å². The van der Waals surface area contributed by atoms with Gasteiger partial charge in [-0.15, -0.1) is 0 Å². The van der Waals surface area contributed by atoms with E-state index in [9.17, 15) is 14.5 Å². The van der Waals surface area contributed by atoms with Crippen LogP contribution in [0.25, 0.3) is 5.57 Å². The number of halogens is 1. The number of benzene rings is 2. The van der Waals surface area contributed by atoms with E-state index in [2.05, 4.69) is 0 Å². The minimum atomic E-state index is -0.480. The lowest BCUT2D eigenvalue weighted by atomic mass is 9.95. The topological polar surface area (TPSA) is 52.4 Å². The van der Waals surface area contributed by atoms with E-state index in [1.165, 1.54) is 12.1 Å². The molecular formula is C15H10FNO3. The Morgan fingerprint density at radius 1 is 1.10 bits per heavy atom. The Morgan fingerprint density at radius 3 is 2.50 bits per heavy atom. The van der Waals surface area contributed by atoms with Crippen molar-refractivity contribution in [2.24, 2.45) is 0 Å². The van der Waals surface area contributed by atoms with E-state index in [0.717, 1.165) is 0 Å². The lowest BCUT2D eigenvalue weighted by Gasteiger charge is -2.20. The van der Waals surface area contributed by atoms with Crippen molar-refractivity contribution in [2.45, 2.75) is 0 Å². The van der Waals surface area contributed by atoms with Crippen LogP contribution in [-0.2, 0) is 0 Å². The molecule has 2 aromatic carbocycles. The van der Waals surface area contributed by atoms with Crippen LogP contribution in [0.2, 0.25) is 0 Å². The van der Waals surface area contributed by atoms with E-state index in [1.807, 2.05) is 6.07 Å². The van der Waals surface area contributed by atoms with Gasteiger partial charge in [-0.2, -0.15) is 0 Å². The summed E-state index contributed by atoms with van der Waals surface area (Å²) in [6.45, 7) is -0.122. The van der Waals surface area contributed by atoms with Crippen molar-refractivity contribution < 1.29 is 14.1 Å². The predicted octanol–water partition coefficient (Wildman–Crippen LogP) is 3.72. The van der Waals surface area contributed by atoms with Gasteiger partial charge in [-0.1, -0.05) is 18.2 Å². The number of hydrogen-bond acceptors (Lipinski definition) is 3. The first kappa shape index (κ1) is 12.3. The third-order valence-corrected chi connectivity index (χ3v) is 3.15. The van der Waals surface area contributed by atoms with Crippen LogP contribution >= 0.6 is 0 Å². The Bertz CT molecular complexity index is 707. The molecule has 20 heavy (non-hydrogen) atoms. The van der Waals surface area contributed by atoms with Crippen molar-refractivity contribution in [2.75, 3.05) is 6.61 Å². The molecule has 0 spiro atoms. The number of non-ortho nitro benzene ring substituents is 1. The fraction of sp³-hybridized carbons (Fsp3) is 0.0667. The molecule has 0 saturated heterocycles. The number of nitrogens with zero attached hydrogens (tertiary/aromatic N) is 1. The van der Waals surface area contributed by atoms with Gasteiger partial charge in [0.25, 0.3) is 5.69 Å². The summed E-state index contributed by atoms with van der Waals surface area (Å²) in [5, 5.41) is 10.7. The summed E-state index contributed by atoms with van der Waals surface area (Å²) >= 11 is 0. The summed E-state index contributed by atoms with van der Waals surface area (Å²) in [6, 6.07) is 13.0. The number of fused-ring (bicyclic) bond motifs is 1. The van der Waals surface area contributed by atoms with Gasteiger partial charge >= 0.3 is 0 Å². The molecule has 1 aliphatic rings. The summed E-state index contributed by atoms with van der Waals surface area (Å²) < 4.78 is 19.4. The zero-order chi connectivity index (χ0) is 14.1. The Labute approximate surface area is 114 Å². The Balaban J connectivity index is 2.10. The molecule has 0 saturated carbocycles. The molecule has 2 aromatic rings. The van der Waals surface area contributed by atoms with Crippen LogP contribution in [0.5, 0.6) is 5.75 Å². The van der Waals surface area contributed by atoms with Crippen molar-refractivity contribution in [3.8, 4) is 5.75 Å². The molecule has 0 atom stereocenters. The molecule has 0 unspecified atom stereocenters. The number of para-hydroxylation sites is 1. The maximum absolute atomic E-state index is 14.1. The van der Waals surface area contributed by atoms with E-state index in [-0.39, 0.29) is 18.1 Å². The molecule has 1 heterocycles. The van der Waals surface area contributed by atoms with Crippen LogP contribution in [-0.4, -0.2) is 11.5 Å². The second-order valence-electron chi connectivity index (χ2n) is 4.37. The van der Waals surface area contributed by atoms with Gasteiger partial charge in [0, 0.05) is 23.3 Å². The van der Waals surface area contributed by atoms with Gasteiger partial charge in [0.1, 0.15) is 18.2 Å². The largest absolute Gasteiger partial charge is 0.486 e. The highest BCUT2D eigenvalue weighted by Crippen LogP contribution is 2.37. The van der Waals surface area contributed by atoms with Gasteiger partial charge in [-0.3, -0.25) is 10.1 Å². The van der Waals surface area contributed by atoms with Crippen molar-refractivity contribution in [3.05, 3.63) is 75.6 Å². The van der Waals surface area contributed by atoms with Crippen molar-refractivity contribution in [1.29, 1.82) is 0 Å². The lowest BCUT2D eigenvalue weighted by molar-refractivity contribution is -0.384. The molecule has 100 valence electrons. The molecule has 0 fully saturated rings. The lowest BCUT2D eigenvalue weighted by Crippen LogP contribution is -2.09. The first-order valence-electron chi connectivity index (χ1n) is 6.02. The summed E-state index contributed by atoms with van der Waals surface area (Å²) in [5.74, 6) is 0.236. The van der Waals surface area contributed by atoms with E-state index in [1.54, 1.807) is 30.3 Å². The van der Waals surface area contributed by atoms with Crippen LogP contribution in [0.15, 0.2) is 54.4 Å². The molecule has 0 N–H and O–H groups in total. The van der Waals surface area contributed by atoms with Crippen molar-refractivity contribution >= 4 is 11.3 Å². The number of nitro groups is 1. The third kappa shape index (κ3) is 2.03. The molecule has 3 rings (SSSR count). The van der Waals surface area contributed by atoms with Crippen molar-refractivity contribution in [3.63, 3.8) is 0 Å². The first-order valence-corrected chi connectivity index (χ1v) is 6.02. The molecule has 5 heteroatoms. The van der Waals surface area contributed by atoms with Crippen LogP contribution in [0.3, 0.4) is 0 Å². The summed E-state index contributed by atoms with van der Waals surface area (Å²) in [5.41, 5.74) is 1.67. The van der Waals surface area contributed by atoms with Crippen LogP contribution in [0, 0.1) is 10.1 Å². The molecule has 0 aromatic heterocycles. The summed E-state index contributed by atoms with van der Waals surface area (Å²) in [6.07, 6.45) is 0. The quantitative estimate of drug-likeness (QED) is 0.618. The molecule has 0 amide bonds. The highest BCUT2D eigenvalue weighted by atomic mass is 19.1. The van der Waals surface area contributed by atoms with E-state index >= 15 is 0 Å². The molecule has 0 radical (unpaired) electrons.